The number of hydrogen-bond donors (Lipinski definition) is 2. The molecule has 2 rings (SSSR count). The van der Waals surface area contributed by atoms with E-state index in [1.54, 1.807) is 36.8 Å². The lowest BCUT2D eigenvalue weighted by atomic mass is 10.1. The van der Waals surface area contributed by atoms with Crippen LogP contribution in [0.4, 0.5) is 11.5 Å². The Balaban J connectivity index is 1.80. The van der Waals surface area contributed by atoms with Crippen LogP contribution >= 0.6 is 0 Å². The maximum absolute atomic E-state index is 11.7. The van der Waals surface area contributed by atoms with E-state index in [0.717, 1.165) is 0 Å². The zero-order valence-electron chi connectivity index (χ0n) is 12.2. The van der Waals surface area contributed by atoms with Gasteiger partial charge in [0.2, 0.25) is 5.91 Å². The number of nitro groups is 1. The topological polar surface area (TPSA) is 110 Å². The average molecular weight is 313 g/mol. The second-order valence-electron chi connectivity index (χ2n) is 4.46. The van der Waals surface area contributed by atoms with Crippen LogP contribution in [0, 0.1) is 10.1 Å². The van der Waals surface area contributed by atoms with E-state index in [2.05, 4.69) is 20.6 Å². The molecule has 0 unspecified atom stereocenters. The molecule has 1 aromatic heterocycles. The molecule has 0 atom stereocenters. The van der Waals surface area contributed by atoms with Crippen molar-refractivity contribution in [1.29, 1.82) is 0 Å². The van der Waals surface area contributed by atoms with Gasteiger partial charge in [-0.1, -0.05) is 12.1 Å². The lowest BCUT2D eigenvalue weighted by molar-refractivity contribution is -0.385. The second kappa shape index (κ2) is 8.23. The first-order valence-electron chi connectivity index (χ1n) is 6.86. The first-order valence-corrected chi connectivity index (χ1v) is 6.86. The molecule has 1 heterocycles. The number of amides is 1. The molecule has 8 nitrogen and oxygen atoms in total. The zero-order chi connectivity index (χ0) is 16.5. The molecule has 1 amide bonds. The third-order valence-corrected chi connectivity index (χ3v) is 2.84. The number of nitrogens with one attached hydrogen (secondary N) is 2. The molecule has 0 bridgehead atoms. The number of hydrogen-bond acceptors (Lipinski definition) is 6. The van der Waals surface area contributed by atoms with E-state index in [-0.39, 0.29) is 11.6 Å². The summed E-state index contributed by atoms with van der Waals surface area (Å²) in [6.45, 7) is 0.875. The fourth-order valence-corrected chi connectivity index (χ4v) is 1.79. The van der Waals surface area contributed by atoms with Crippen LogP contribution in [0.15, 0.2) is 48.9 Å². The van der Waals surface area contributed by atoms with Crippen molar-refractivity contribution < 1.29 is 9.72 Å². The van der Waals surface area contributed by atoms with Gasteiger partial charge < -0.3 is 10.6 Å². The van der Waals surface area contributed by atoms with Gasteiger partial charge in [0.25, 0.3) is 5.69 Å². The Kier molecular flexibility index (Phi) is 5.75. The minimum Gasteiger partial charge on any atom is -0.367 e. The van der Waals surface area contributed by atoms with Crippen LogP contribution in [-0.2, 0) is 4.79 Å². The van der Waals surface area contributed by atoms with Gasteiger partial charge in [-0.3, -0.25) is 19.9 Å². The molecule has 8 heteroatoms. The Morgan fingerprint density at radius 1 is 1.26 bits per heavy atom. The Morgan fingerprint density at radius 3 is 2.83 bits per heavy atom. The molecule has 2 aromatic rings. The summed E-state index contributed by atoms with van der Waals surface area (Å²) >= 11 is 0. The summed E-state index contributed by atoms with van der Waals surface area (Å²) in [5.41, 5.74) is 0.339. The summed E-state index contributed by atoms with van der Waals surface area (Å²) in [5, 5.41) is 16.5. The number of benzene rings is 1. The lowest BCUT2D eigenvalue weighted by Gasteiger charge is -2.05. The number of carbonyl (C=O) groups is 1. The number of nitro benzene ring substituents is 1. The predicted octanol–water partition coefficient (Wildman–Crippen LogP) is 1.63. The van der Waals surface area contributed by atoms with E-state index < -0.39 is 4.92 Å². The third kappa shape index (κ3) is 5.20. The summed E-state index contributed by atoms with van der Waals surface area (Å²) in [4.78, 5) is 30.0. The van der Waals surface area contributed by atoms with Crippen molar-refractivity contribution in [2.75, 3.05) is 18.4 Å². The van der Waals surface area contributed by atoms with E-state index in [1.807, 2.05) is 0 Å². The highest BCUT2D eigenvalue weighted by Crippen LogP contribution is 2.18. The summed E-state index contributed by atoms with van der Waals surface area (Å²) in [6.07, 6.45) is 7.40. The molecule has 0 aliphatic heterocycles. The fourth-order valence-electron chi connectivity index (χ4n) is 1.79. The summed E-state index contributed by atoms with van der Waals surface area (Å²) in [7, 11) is 0. The maximum atomic E-state index is 11.7. The van der Waals surface area contributed by atoms with Gasteiger partial charge in [-0.2, -0.15) is 0 Å². The van der Waals surface area contributed by atoms with Gasteiger partial charge in [-0.15, -0.1) is 0 Å². The summed E-state index contributed by atoms with van der Waals surface area (Å²) in [6, 6.07) is 6.23. The van der Waals surface area contributed by atoms with Gasteiger partial charge in [0, 0.05) is 37.6 Å². The number of nitrogens with zero attached hydrogens (tertiary/aromatic N) is 3. The van der Waals surface area contributed by atoms with Gasteiger partial charge in [-0.25, -0.2) is 4.98 Å². The molecular weight excluding hydrogens is 298 g/mol. The van der Waals surface area contributed by atoms with Crippen LogP contribution in [0.3, 0.4) is 0 Å². The molecule has 0 fully saturated rings. The number of anilines is 1. The van der Waals surface area contributed by atoms with E-state index in [0.29, 0.717) is 24.5 Å². The molecule has 0 saturated heterocycles. The first-order chi connectivity index (χ1) is 11.2. The van der Waals surface area contributed by atoms with Crippen molar-refractivity contribution in [2.45, 2.75) is 0 Å². The number of aromatic nitrogens is 2. The van der Waals surface area contributed by atoms with Gasteiger partial charge in [0.05, 0.1) is 16.7 Å². The molecule has 0 radical (unpaired) electrons. The van der Waals surface area contributed by atoms with Crippen molar-refractivity contribution in [1.82, 2.24) is 15.3 Å². The van der Waals surface area contributed by atoms with Crippen molar-refractivity contribution >= 4 is 23.5 Å². The highest BCUT2D eigenvalue weighted by atomic mass is 16.6. The van der Waals surface area contributed by atoms with Gasteiger partial charge >= 0.3 is 0 Å². The molecule has 118 valence electrons. The highest BCUT2D eigenvalue weighted by Gasteiger charge is 2.09. The number of para-hydroxylation sites is 1. The molecule has 2 N–H and O–H groups in total. The smallest absolute Gasteiger partial charge is 0.276 e. The largest absolute Gasteiger partial charge is 0.367 e. The van der Waals surface area contributed by atoms with E-state index in [9.17, 15) is 14.9 Å². The standard InChI is InChI=1S/C15H15N5O3/c21-15(19-10-9-18-14-11-16-7-8-17-14)6-5-12-3-1-2-4-13(12)20(22)23/h1-8,11H,9-10H2,(H,17,18)(H,19,21). The van der Waals surface area contributed by atoms with Crippen LogP contribution in [0.25, 0.3) is 6.08 Å². The second-order valence-corrected chi connectivity index (χ2v) is 4.46. The highest BCUT2D eigenvalue weighted by molar-refractivity contribution is 5.92. The maximum Gasteiger partial charge on any atom is 0.276 e. The van der Waals surface area contributed by atoms with E-state index >= 15 is 0 Å². The van der Waals surface area contributed by atoms with Crippen molar-refractivity contribution in [2.24, 2.45) is 0 Å². The predicted molar refractivity (Wildman–Crippen MR) is 85.7 cm³/mol. The molecule has 0 aliphatic carbocycles. The van der Waals surface area contributed by atoms with Gasteiger partial charge in [-0.05, 0) is 12.1 Å². The SMILES string of the molecule is O=C(C=Cc1ccccc1[N+](=O)[O-])NCCNc1cnccn1. The minimum atomic E-state index is -0.484. The van der Waals surface area contributed by atoms with Crippen LogP contribution in [-0.4, -0.2) is 33.9 Å². The quantitative estimate of drug-likeness (QED) is 0.348. The lowest BCUT2D eigenvalue weighted by Crippen LogP contribution is -2.27. The Labute approximate surface area is 132 Å². The van der Waals surface area contributed by atoms with Crippen LogP contribution in [0.2, 0.25) is 0 Å². The molecule has 0 saturated carbocycles. The number of carbonyl (C=O) groups excluding carboxylic acids is 1. The van der Waals surface area contributed by atoms with Crippen LogP contribution in [0.1, 0.15) is 5.56 Å². The van der Waals surface area contributed by atoms with E-state index in [4.69, 9.17) is 0 Å². The van der Waals surface area contributed by atoms with Crippen molar-refractivity contribution in [3.63, 3.8) is 0 Å². The monoisotopic (exact) mass is 313 g/mol. The van der Waals surface area contributed by atoms with Crippen molar-refractivity contribution in [3.8, 4) is 0 Å². The summed E-state index contributed by atoms with van der Waals surface area (Å²) in [5.74, 6) is 0.293. The molecule has 23 heavy (non-hydrogen) atoms. The Bertz CT molecular complexity index is 703. The van der Waals surface area contributed by atoms with E-state index in [1.165, 1.54) is 18.2 Å². The molecule has 0 spiro atoms. The molecule has 1 aromatic carbocycles. The van der Waals surface area contributed by atoms with Crippen LogP contribution < -0.4 is 10.6 Å². The van der Waals surface area contributed by atoms with Gasteiger partial charge in [0.1, 0.15) is 5.82 Å². The first kappa shape index (κ1) is 16.1. The normalized spacial score (nSPS) is 10.4. The average Bonchev–Trinajstić information content (AvgIpc) is 2.58. The fraction of sp³-hybridized carbons (Fsp3) is 0.133. The summed E-state index contributed by atoms with van der Waals surface area (Å²) < 4.78 is 0. The molecule has 0 aliphatic rings. The van der Waals surface area contributed by atoms with Crippen molar-refractivity contribution in [3.05, 3.63) is 64.6 Å². The zero-order valence-corrected chi connectivity index (χ0v) is 12.2. The van der Waals surface area contributed by atoms with Crippen LogP contribution in [0.5, 0.6) is 0 Å². The van der Waals surface area contributed by atoms with Gasteiger partial charge in [0.15, 0.2) is 0 Å². The molecular formula is C15H15N5O3. The minimum absolute atomic E-state index is 0.0409. The number of rotatable bonds is 7. The Hall–Kier alpha value is -3.29. The Morgan fingerprint density at radius 2 is 2.09 bits per heavy atom. The third-order valence-electron chi connectivity index (χ3n) is 2.84.